The van der Waals surface area contributed by atoms with Crippen LogP contribution >= 0.6 is 0 Å². The standard InChI is InChI=1S/C22H32F3N3O2/c23-22(24,25)18-13-17(15-28-12-4-5-21(28)6-8-26-9-7-21)20(30-16-29)19(14-18)27-10-2-1-3-11-27/h13-14,26,29H,1-12,15-16H2. The third-order valence-corrected chi connectivity index (χ3v) is 7.02. The number of hydrogen-bond donors (Lipinski definition) is 2. The van der Waals surface area contributed by atoms with Crippen LogP contribution in [0.1, 0.15) is 56.1 Å². The van der Waals surface area contributed by atoms with E-state index in [-0.39, 0.29) is 5.54 Å². The summed E-state index contributed by atoms with van der Waals surface area (Å²) in [7, 11) is 0. The van der Waals surface area contributed by atoms with Crippen molar-refractivity contribution in [1.29, 1.82) is 0 Å². The highest BCUT2D eigenvalue weighted by Gasteiger charge is 2.42. The van der Waals surface area contributed by atoms with Crippen molar-refractivity contribution in [2.75, 3.05) is 44.4 Å². The molecule has 1 aromatic carbocycles. The summed E-state index contributed by atoms with van der Waals surface area (Å²) in [5, 5.41) is 12.9. The molecule has 3 heterocycles. The number of hydrogen-bond acceptors (Lipinski definition) is 5. The first kappa shape index (κ1) is 21.7. The Labute approximate surface area is 176 Å². The molecule has 0 saturated carbocycles. The number of alkyl halides is 3. The highest BCUT2D eigenvalue weighted by Crippen LogP contribution is 2.44. The number of nitrogens with zero attached hydrogens (tertiary/aromatic N) is 2. The van der Waals surface area contributed by atoms with Crippen molar-refractivity contribution >= 4 is 5.69 Å². The molecule has 1 aromatic rings. The van der Waals surface area contributed by atoms with Crippen LogP contribution in [-0.2, 0) is 12.7 Å². The summed E-state index contributed by atoms with van der Waals surface area (Å²) in [6, 6.07) is 2.43. The molecular formula is C22H32F3N3O2. The number of halogens is 3. The Morgan fingerprint density at radius 2 is 1.73 bits per heavy atom. The lowest BCUT2D eigenvalue weighted by atomic mass is 9.85. The lowest BCUT2D eigenvalue weighted by molar-refractivity contribution is -0.137. The van der Waals surface area contributed by atoms with E-state index < -0.39 is 18.5 Å². The van der Waals surface area contributed by atoms with Crippen LogP contribution in [0.15, 0.2) is 12.1 Å². The van der Waals surface area contributed by atoms with Crippen LogP contribution < -0.4 is 15.0 Å². The number of rotatable bonds is 5. The molecule has 0 atom stereocenters. The Hall–Kier alpha value is -1.51. The fourth-order valence-electron chi connectivity index (χ4n) is 5.46. The third-order valence-electron chi connectivity index (χ3n) is 7.02. The second-order valence-corrected chi connectivity index (χ2v) is 8.80. The summed E-state index contributed by atoms with van der Waals surface area (Å²) in [4.78, 5) is 4.34. The normalized spacial score (nSPS) is 22.6. The second-order valence-electron chi connectivity index (χ2n) is 8.80. The molecule has 1 spiro atoms. The van der Waals surface area contributed by atoms with E-state index >= 15 is 0 Å². The van der Waals surface area contributed by atoms with Gasteiger partial charge in [0.15, 0.2) is 6.79 Å². The Balaban J connectivity index is 1.72. The minimum Gasteiger partial charge on any atom is -0.465 e. The summed E-state index contributed by atoms with van der Waals surface area (Å²) in [5.41, 5.74) is 0.412. The fourth-order valence-corrected chi connectivity index (χ4v) is 5.46. The zero-order valence-corrected chi connectivity index (χ0v) is 17.4. The van der Waals surface area contributed by atoms with Crippen LogP contribution in [0.25, 0.3) is 0 Å². The van der Waals surface area contributed by atoms with Crippen LogP contribution in [0, 0.1) is 0 Å². The van der Waals surface area contributed by atoms with Gasteiger partial charge in [0, 0.05) is 30.7 Å². The van der Waals surface area contributed by atoms with Crippen LogP contribution in [0.3, 0.4) is 0 Å². The summed E-state index contributed by atoms with van der Waals surface area (Å²) in [6.45, 7) is 4.06. The lowest BCUT2D eigenvalue weighted by Gasteiger charge is -2.42. The zero-order valence-electron chi connectivity index (χ0n) is 17.4. The summed E-state index contributed by atoms with van der Waals surface area (Å²) < 4.78 is 46.9. The number of ether oxygens (including phenoxy) is 1. The highest BCUT2D eigenvalue weighted by molar-refractivity contribution is 5.64. The molecule has 3 fully saturated rings. The Bertz CT molecular complexity index is 729. The van der Waals surface area contributed by atoms with Crippen LogP contribution in [0.5, 0.6) is 5.75 Å². The van der Waals surface area contributed by atoms with Gasteiger partial charge in [-0.3, -0.25) is 4.90 Å². The molecule has 4 rings (SSSR count). The topological polar surface area (TPSA) is 48.0 Å². The Morgan fingerprint density at radius 1 is 1.00 bits per heavy atom. The molecule has 168 valence electrons. The number of likely N-dealkylation sites (tertiary alicyclic amines) is 1. The largest absolute Gasteiger partial charge is 0.465 e. The molecule has 30 heavy (non-hydrogen) atoms. The summed E-state index contributed by atoms with van der Waals surface area (Å²) in [5.74, 6) is 0.406. The SMILES string of the molecule is OCOc1c(CN2CCCC23CCNCC3)cc(C(F)(F)F)cc1N1CCCCC1. The van der Waals surface area contributed by atoms with Crippen molar-refractivity contribution in [2.24, 2.45) is 0 Å². The molecule has 2 N–H and O–H groups in total. The number of anilines is 1. The third kappa shape index (κ3) is 4.41. The van der Waals surface area contributed by atoms with Gasteiger partial charge in [-0.15, -0.1) is 0 Å². The molecule has 0 aromatic heterocycles. The molecule has 3 aliphatic rings. The van der Waals surface area contributed by atoms with Crippen LogP contribution in [0.2, 0.25) is 0 Å². The van der Waals surface area contributed by atoms with E-state index in [1.165, 1.54) is 12.1 Å². The smallest absolute Gasteiger partial charge is 0.416 e. The number of benzene rings is 1. The van der Waals surface area contributed by atoms with Crippen molar-refractivity contribution < 1.29 is 23.0 Å². The minimum absolute atomic E-state index is 0.0568. The predicted octanol–water partition coefficient (Wildman–Crippen LogP) is 3.74. The maximum absolute atomic E-state index is 13.8. The first-order valence-electron chi connectivity index (χ1n) is 11.1. The van der Waals surface area contributed by atoms with E-state index in [2.05, 4.69) is 10.2 Å². The molecular weight excluding hydrogens is 395 g/mol. The molecule has 0 amide bonds. The average molecular weight is 428 g/mol. The summed E-state index contributed by atoms with van der Waals surface area (Å²) in [6.07, 6.45) is 2.75. The minimum atomic E-state index is -4.42. The van der Waals surface area contributed by atoms with Crippen molar-refractivity contribution in [2.45, 2.75) is 63.2 Å². The van der Waals surface area contributed by atoms with E-state index in [4.69, 9.17) is 4.74 Å². The predicted molar refractivity (Wildman–Crippen MR) is 110 cm³/mol. The lowest BCUT2D eigenvalue weighted by Crippen LogP contribution is -2.50. The number of piperidine rings is 2. The number of aliphatic hydroxyl groups excluding tert-OH is 1. The van der Waals surface area contributed by atoms with Gasteiger partial charge in [-0.05, 0) is 76.7 Å². The van der Waals surface area contributed by atoms with Crippen molar-refractivity contribution in [1.82, 2.24) is 10.2 Å². The first-order chi connectivity index (χ1) is 14.4. The first-order valence-corrected chi connectivity index (χ1v) is 11.1. The van der Waals surface area contributed by atoms with Gasteiger partial charge in [0.05, 0.1) is 11.3 Å². The van der Waals surface area contributed by atoms with Gasteiger partial charge in [0.1, 0.15) is 5.75 Å². The van der Waals surface area contributed by atoms with Gasteiger partial charge in [-0.1, -0.05) is 0 Å². The maximum atomic E-state index is 13.8. The van der Waals surface area contributed by atoms with Gasteiger partial charge >= 0.3 is 6.18 Å². The highest BCUT2D eigenvalue weighted by atomic mass is 19.4. The molecule has 0 radical (unpaired) electrons. The molecule has 8 heteroatoms. The van der Waals surface area contributed by atoms with Gasteiger partial charge in [-0.25, -0.2) is 0 Å². The fraction of sp³-hybridized carbons (Fsp3) is 0.727. The number of aliphatic hydroxyl groups is 1. The van der Waals surface area contributed by atoms with Crippen molar-refractivity contribution in [3.05, 3.63) is 23.3 Å². The zero-order chi connectivity index (χ0) is 21.2. The molecule has 5 nitrogen and oxygen atoms in total. The molecule has 3 aliphatic heterocycles. The number of nitrogens with one attached hydrogen (secondary N) is 1. The van der Waals surface area contributed by atoms with E-state index in [0.29, 0.717) is 36.6 Å². The Kier molecular flexibility index (Phi) is 6.46. The molecule has 0 aliphatic carbocycles. The van der Waals surface area contributed by atoms with E-state index in [9.17, 15) is 18.3 Å². The van der Waals surface area contributed by atoms with Gasteiger partial charge < -0.3 is 20.1 Å². The van der Waals surface area contributed by atoms with Gasteiger partial charge in [-0.2, -0.15) is 13.2 Å². The van der Waals surface area contributed by atoms with Crippen molar-refractivity contribution in [3.63, 3.8) is 0 Å². The maximum Gasteiger partial charge on any atom is 0.416 e. The van der Waals surface area contributed by atoms with E-state index in [1.54, 1.807) is 0 Å². The van der Waals surface area contributed by atoms with Crippen molar-refractivity contribution in [3.8, 4) is 5.75 Å². The van der Waals surface area contributed by atoms with E-state index in [0.717, 1.165) is 64.6 Å². The molecule has 0 bridgehead atoms. The molecule has 3 saturated heterocycles. The summed E-state index contributed by atoms with van der Waals surface area (Å²) >= 11 is 0. The average Bonchev–Trinajstić information content (AvgIpc) is 3.11. The monoisotopic (exact) mass is 427 g/mol. The Morgan fingerprint density at radius 3 is 2.40 bits per heavy atom. The van der Waals surface area contributed by atoms with Crippen LogP contribution in [0.4, 0.5) is 18.9 Å². The quantitative estimate of drug-likeness (QED) is 0.701. The second kappa shape index (κ2) is 8.93. The van der Waals surface area contributed by atoms with E-state index in [1.807, 2.05) is 4.90 Å². The van der Waals surface area contributed by atoms with Gasteiger partial charge in [0.2, 0.25) is 0 Å². The van der Waals surface area contributed by atoms with Crippen LogP contribution in [-0.4, -0.2) is 55.1 Å². The van der Waals surface area contributed by atoms with Gasteiger partial charge in [0.25, 0.3) is 0 Å². The molecule has 0 unspecified atom stereocenters.